The van der Waals surface area contributed by atoms with Gasteiger partial charge in [-0.05, 0) is 32.1 Å². The van der Waals surface area contributed by atoms with E-state index in [4.69, 9.17) is 5.26 Å². The topological polar surface area (TPSA) is 73.2 Å². The Balaban J connectivity index is 1.78. The summed E-state index contributed by atoms with van der Waals surface area (Å²) in [4.78, 5) is 0. The first-order chi connectivity index (χ1) is 8.99. The summed E-state index contributed by atoms with van der Waals surface area (Å²) in [7, 11) is -3.03. The number of nitrogens with one attached hydrogen (secondary N) is 1. The Hall–Kier alpha value is -0.640. The lowest BCUT2D eigenvalue weighted by Gasteiger charge is -2.35. The fourth-order valence-corrected chi connectivity index (χ4v) is 4.02. The third kappa shape index (κ3) is 4.16. The van der Waals surface area contributed by atoms with Gasteiger partial charge in [-0.3, -0.25) is 0 Å². The van der Waals surface area contributed by atoms with E-state index in [0.717, 1.165) is 38.5 Å². The Labute approximate surface area is 116 Å². The summed E-state index contributed by atoms with van der Waals surface area (Å²) < 4.78 is 24.4. The number of nitriles is 1. The van der Waals surface area contributed by atoms with Gasteiger partial charge in [0.1, 0.15) is 0 Å². The molecule has 1 heterocycles. The van der Waals surface area contributed by atoms with Gasteiger partial charge >= 0.3 is 0 Å². The van der Waals surface area contributed by atoms with Crippen molar-refractivity contribution < 1.29 is 8.42 Å². The lowest BCUT2D eigenvalue weighted by Crippen LogP contribution is -2.48. The van der Waals surface area contributed by atoms with Crippen LogP contribution in [0.5, 0.6) is 0 Å². The molecule has 1 saturated carbocycles. The highest BCUT2D eigenvalue weighted by molar-refractivity contribution is 7.88. The van der Waals surface area contributed by atoms with E-state index >= 15 is 0 Å². The molecule has 0 aromatic heterocycles. The Kier molecular flexibility index (Phi) is 4.82. The summed E-state index contributed by atoms with van der Waals surface area (Å²) in [6, 6.07) is 3.21. The van der Waals surface area contributed by atoms with Gasteiger partial charge in [-0.15, -0.1) is 0 Å². The summed E-state index contributed by atoms with van der Waals surface area (Å²) in [6.45, 7) is 1.23. The zero-order chi connectivity index (χ0) is 13.9. The SMILES string of the molecule is CS(=O)(=O)N1CCC(N[C@H]2CCC[C@@H](C#N)C2)CC1. The summed E-state index contributed by atoms with van der Waals surface area (Å²) in [5, 5.41) is 12.6. The molecule has 0 spiro atoms. The minimum atomic E-state index is -3.03. The predicted molar refractivity (Wildman–Crippen MR) is 73.9 cm³/mol. The quantitative estimate of drug-likeness (QED) is 0.842. The molecule has 0 aromatic rings. The lowest BCUT2D eigenvalue weighted by molar-refractivity contribution is 0.241. The van der Waals surface area contributed by atoms with Crippen LogP contribution >= 0.6 is 0 Å². The van der Waals surface area contributed by atoms with Gasteiger partial charge in [0.25, 0.3) is 0 Å². The molecule has 6 heteroatoms. The highest BCUT2D eigenvalue weighted by Gasteiger charge is 2.28. The Bertz CT molecular complexity index is 435. The molecule has 5 nitrogen and oxygen atoms in total. The van der Waals surface area contributed by atoms with Crippen LogP contribution in [0.2, 0.25) is 0 Å². The van der Waals surface area contributed by atoms with E-state index in [1.165, 1.54) is 6.26 Å². The summed E-state index contributed by atoms with van der Waals surface area (Å²) in [5.74, 6) is 0.197. The van der Waals surface area contributed by atoms with E-state index in [-0.39, 0.29) is 5.92 Å². The van der Waals surface area contributed by atoms with Gasteiger partial charge in [-0.25, -0.2) is 12.7 Å². The monoisotopic (exact) mass is 285 g/mol. The lowest BCUT2D eigenvalue weighted by atomic mass is 9.86. The predicted octanol–water partition coefficient (Wildman–Crippen LogP) is 1.08. The van der Waals surface area contributed by atoms with Gasteiger partial charge in [0.2, 0.25) is 10.0 Å². The van der Waals surface area contributed by atoms with Crippen molar-refractivity contribution in [2.45, 2.75) is 50.6 Å². The highest BCUT2D eigenvalue weighted by atomic mass is 32.2. The van der Waals surface area contributed by atoms with Crippen molar-refractivity contribution in [2.75, 3.05) is 19.3 Å². The smallest absolute Gasteiger partial charge is 0.211 e. The molecule has 1 N–H and O–H groups in total. The first-order valence-electron chi connectivity index (χ1n) is 7.10. The van der Waals surface area contributed by atoms with Gasteiger partial charge in [-0.1, -0.05) is 6.42 Å². The van der Waals surface area contributed by atoms with Crippen LogP contribution in [0, 0.1) is 17.2 Å². The number of piperidine rings is 1. The van der Waals surface area contributed by atoms with Gasteiger partial charge in [0.05, 0.1) is 12.3 Å². The summed E-state index contributed by atoms with van der Waals surface area (Å²) in [5.41, 5.74) is 0. The normalized spacial score (nSPS) is 30.9. The minimum absolute atomic E-state index is 0.197. The van der Waals surface area contributed by atoms with Gasteiger partial charge in [0.15, 0.2) is 0 Å². The second-order valence-corrected chi connectivity index (χ2v) is 7.77. The third-order valence-corrected chi connectivity index (χ3v) is 5.55. The third-order valence-electron chi connectivity index (χ3n) is 4.25. The highest BCUT2D eigenvalue weighted by Crippen LogP contribution is 2.25. The maximum Gasteiger partial charge on any atom is 0.211 e. The fraction of sp³-hybridized carbons (Fsp3) is 0.923. The molecule has 2 fully saturated rings. The van der Waals surface area contributed by atoms with E-state index < -0.39 is 10.0 Å². The number of nitrogens with zero attached hydrogens (tertiary/aromatic N) is 2. The summed E-state index contributed by atoms with van der Waals surface area (Å²) in [6.07, 6.45) is 7.27. The molecular weight excluding hydrogens is 262 g/mol. The van der Waals surface area contributed by atoms with E-state index in [9.17, 15) is 8.42 Å². The molecule has 2 atom stereocenters. The Morgan fingerprint density at radius 1 is 1.16 bits per heavy atom. The van der Waals surface area contributed by atoms with Crippen LogP contribution in [0.3, 0.4) is 0 Å². The molecule has 108 valence electrons. The number of rotatable bonds is 3. The van der Waals surface area contributed by atoms with Crippen LogP contribution in [0.4, 0.5) is 0 Å². The van der Waals surface area contributed by atoms with Crippen LogP contribution in [-0.2, 0) is 10.0 Å². The van der Waals surface area contributed by atoms with Crippen molar-refractivity contribution in [1.29, 1.82) is 5.26 Å². The van der Waals surface area contributed by atoms with Crippen LogP contribution in [0.15, 0.2) is 0 Å². The van der Waals surface area contributed by atoms with E-state index in [2.05, 4.69) is 11.4 Å². The van der Waals surface area contributed by atoms with E-state index in [1.54, 1.807) is 4.31 Å². The molecular formula is C13H23N3O2S. The maximum atomic E-state index is 11.4. The zero-order valence-electron chi connectivity index (χ0n) is 11.5. The Morgan fingerprint density at radius 2 is 1.84 bits per heavy atom. The van der Waals surface area contributed by atoms with Gasteiger partial charge < -0.3 is 5.32 Å². The molecule has 1 aliphatic heterocycles. The second kappa shape index (κ2) is 6.21. The van der Waals surface area contributed by atoms with Crippen molar-refractivity contribution >= 4 is 10.0 Å². The molecule has 19 heavy (non-hydrogen) atoms. The zero-order valence-corrected chi connectivity index (χ0v) is 12.3. The van der Waals surface area contributed by atoms with E-state index in [0.29, 0.717) is 25.2 Å². The second-order valence-electron chi connectivity index (χ2n) is 5.79. The summed E-state index contributed by atoms with van der Waals surface area (Å²) >= 11 is 0. The van der Waals surface area contributed by atoms with Crippen LogP contribution in [0.1, 0.15) is 38.5 Å². The molecule has 1 aliphatic carbocycles. The first kappa shape index (κ1) is 14.8. The fourth-order valence-electron chi connectivity index (χ4n) is 3.15. The largest absolute Gasteiger partial charge is 0.311 e. The maximum absolute atomic E-state index is 11.4. The molecule has 0 unspecified atom stereocenters. The molecule has 1 saturated heterocycles. The van der Waals surface area contributed by atoms with E-state index in [1.807, 2.05) is 0 Å². The van der Waals surface area contributed by atoms with Crippen molar-refractivity contribution in [3.05, 3.63) is 0 Å². The molecule has 0 bridgehead atoms. The average molecular weight is 285 g/mol. The molecule has 2 aliphatic rings. The average Bonchev–Trinajstić information content (AvgIpc) is 2.38. The van der Waals surface area contributed by atoms with Crippen molar-refractivity contribution in [2.24, 2.45) is 5.92 Å². The number of sulfonamides is 1. The number of hydrogen-bond donors (Lipinski definition) is 1. The van der Waals surface area contributed by atoms with Crippen molar-refractivity contribution in [3.63, 3.8) is 0 Å². The van der Waals surface area contributed by atoms with Gasteiger partial charge in [0, 0.05) is 31.1 Å². The number of hydrogen-bond acceptors (Lipinski definition) is 4. The molecule has 2 rings (SSSR count). The molecule has 0 aromatic carbocycles. The van der Waals surface area contributed by atoms with Crippen LogP contribution in [-0.4, -0.2) is 44.2 Å². The van der Waals surface area contributed by atoms with Gasteiger partial charge in [-0.2, -0.15) is 5.26 Å². The van der Waals surface area contributed by atoms with Crippen molar-refractivity contribution in [3.8, 4) is 6.07 Å². The van der Waals surface area contributed by atoms with Crippen LogP contribution < -0.4 is 5.32 Å². The Morgan fingerprint density at radius 3 is 2.42 bits per heavy atom. The standard InChI is InChI=1S/C13H23N3O2S/c1-19(17,18)16-7-5-12(6-8-16)15-13-4-2-3-11(9-13)10-14/h11-13,15H,2-9H2,1H3/t11-,13+/m1/s1. The van der Waals surface area contributed by atoms with Crippen LogP contribution in [0.25, 0.3) is 0 Å². The van der Waals surface area contributed by atoms with Crippen molar-refractivity contribution in [1.82, 2.24) is 9.62 Å². The minimum Gasteiger partial charge on any atom is -0.311 e. The first-order valence-corrected chi connectivity index (χ1v) is 8.94. The molecule has 0 amide bonds. The molecule has 0 radical (unpaired) electrons.